The van der Waals surface area contributed by atoms with Gasteiger partial charge in [-0.3, -0.25) is 9.59 Å². The number of benzene rings is 2. The van der Waals surface area contributed by atoms with Crippen molar-refractivity contribution in [2.24, 2.45) is 0 Å². The Kier molecular flexibility index (Phi) is 6.72. The second-order valence-electron chi connectivity index (χ2n) is 7.52. The highest BCUT2D eigenvalue weighted by Gasteiger charge is 2.24. The van der Waals surface area contributed by atoms with Gasteiger partial charge in [-0.15, -0.1) is 11.8 Å². The average Bonchev–Trinajstić information content (AvgIpc) is 3.07. The molecule has 1 aliphatic heterocycles. The third-order valence-electron chi connectivity index (χ3n) is 5.26. The average molecular weight is 436 g/mol. The first kappa shape index (κ1) is 21.2. The predicted molar refractivity (Wildman–Crippen MR) is 120 cm³/mol. The Morgan fingerprint density at radius 2 is 1.61 bits per heavy atom. The molecule has 2 aromatic carbocycles. The zero-order chi connectivity index (χ0) is 21.6. The molecule has 4 rings (SSSR count). The lowest BCUT2D eigenvalue weighted by Crippen LogP contribution is -2.37. The molecule has 0 bridgehead atoms. The monoisotopic (exact) mass is 435 g/mol. The molecule has 1 aromatic heterocycles. The van der Waals surface area contributed by atoms with Gasteiger partial charge in [0.05, 0.1) is 17.0 Å². The van der Waals surface area contributed by atoms with E-state index in [2.05, 4.69) is 5.16 Å². The van der Waals surface area contributed by atoms with Crippen LogP contribution in [0.1, 0.15) is 38.6 Å². The first-order valence-electron chi connectivity index (χ1n) is 10.4. The highest BCUT2D eigenvalue weighted by atomic mass is 32.2. The summed E-state index contributed by atoms with van der Waals surface area (Å²) in [5, 5.41) is 3.92. The second-order valence-corrected chi connectivity index (χ2v) is 8.54. The molecule has 0 atom stereocenters. The smallest absolute Gasteiger partial charge is 0.255 e. The molecule has 0 saturated carbocycles. The summed E-state index contributed by atoms with van der Waals surface area (Å²) in [5.41, 5.74) is 2.22. The van der Waals surface area contributed by atoms with E-state index in [1.807, 2.05) is 77.4 Å². The normalized spacial score (nSPS) is 14.4. The van der Waals surface area contributed by atoms with Gasteiger partial charge in [0.1, 0.15) is 5.76 Å². The number of rotatable bonds is 5. The lowest BCUT2D eigenvalue weighted by Gasteiger charge is -2.23. The van der Waals surface area contributed by atoms with Gasteiger partial charge in [-0.25, -0.2) is 0 Å². The van der Waals surface area contributed by atoms with Crippen molar-refractivity contribution in [3.05, 3.63) is 83.2 Å². The lowest BCUT2D eigenvalue weighted by molar-refractivity contribution is 0.0717. The summed E-state index contributed by atoms with van der Waals surface area (Å²) >= 11 is 1.57. The number of amides is 2. The molecule has 1 saturated heterocycles. The van der Waals surface area contributed by atoms with Crippen molar-refractivity contribution < 1.29 is 14.1 Å². The molecular formula is C24H25N3O3S. The molecular weight excluding hydrogens is 410 g/mol. The SMILES string of the molecule is Cc1cc(CSc2ccccc2C(=O)N2CCCN(C(=O)c3ccccc3)CC2)on1. The number of aryl methyl sites for hydroxylation is 1. The van der Waals surface area contributed by atoms with Crippen LogP contribution in [0.5, 0.6) is 0 Å². The van der Waals surface area contributed by atoms with Gasteiger partial charge < -0.3 is 14.3 Å². The van der Waals surface area contributed by atoms with Crippen molar-refractivity contribution in [1.29, 1.82) is 0 Å². The van der Waals surface area contributed by atoms with Crippen LogP contribution < -0.4 is 0 Å². The maximum Gasteiger partial charge on any atom is 0.255 e. The summed E-state index contributed by atoms with van der Waals surface area (Å²) in [7, 11) is 0. The number of hydrogen-bond acceptors (Lipinski definition) is 5. The molecule has 160 valence electrons. The van der Waals surface area contributed by atoms with Crippen LogP contribution in [0.15, 0.2) is 70.1 Å². The molecule has 31 heavy (non-hydrogen) atoms. The van der Waals surface area contributed by atoms with Gasteiger partial charge in [0, 0.05) is 42.7 Å². The molecule has 1 fully saturated rings. The van der Waals surface area contributed by atoms with Crippen LogP contribution in [-0.4, -0.2) is 52.9 Å². The van der Waals surface area contributed by atoms with Gasteiger partial charge in [0.15, 0.2) is 0 Å². The van der Waals surface area contributed by atoms with Crippen molar-refractivity contribution in [3.63, 3.8) is 0 Å². The quantitative estimate of drug-likeness (QED) is 0.560. The standard InChI is InChI=1S/C24H25N3O3S/c1-18-16-20(30-25-18)17-31-22-11-6-5-10-21(22)24(29)27-13-7-12-26(14-15-27)23(28)19-8-3-2-4-9-19/h2-6,8-11,16H,7,12-15,17H2,1H3. The fraction of sp³-hybridized carbons (Fsp3) is 0.292. The third-order valence-corrected chi connectivity index (χ3v) is 6.35. The van der Waals surface area contributed by atoms with Crippen molar-refractivity contribution in [1.82, 2.24) is 15.0 Å². The third kappa shape index (κ3) is 5.17. The van der Waals surface area contributed by atoms with Crippen LogP contribution in [-0.2, 0) is 5.75 Å². The predicted octanol–water partition coefficient (Wildman–Crippen LogP) is 4.26. The Morgan fingerprint density at radius 1 is 0.935 bits per heavy atom. The molecule has 0 radical (unpaired) electrons. The summed E-state index contributed by atoms with van der Waals surface area (Å²) in [6.45, 7) is 4.24. The largest absolute Gasteiger partial charge is 0.360 e. The summed E-state index contributed by atoms with van der Waals surface area (Å²) < 4.78 is 5.29. The van der Waals surface area contributed by atoms with Gasteiger partial charge in [-0.2, -0.15) is 0 Å². The van der Waals surface area contributed by atoms with E-state index in [0.29, 0.717) is 43.1 Å². The molecule has 0 unspecified atom stereocenters. The van der Waals surface area contributed by atoms with Gasteiger partial charge in [-0.1, -0.05) is 35.5 Å². The topological polar surface area (TPSA) is 66.7 Å². The van der Waals surface area contributed by atoms with Crippen LogP contribution in [0.2, 0.25) is 0 Å². The van der Waals surface area contributed by atoms with Crippen LogP contribution >= 0.6 is 11.8 Å². The van der Waals surface area contributed by atoms with E-state index in [1.165, 1.54) is 0 Å². The Labute approximate surface area is 186 Å². The molecule has 2 amide bonds. The molecule has 1 aliphatic rings. The maximum absolute atomic E-state index is 13.3. The Hall–Kier alpha value is -3.06. The van der Waals surface area contributed by atoms with E-state index in [4.69, 9.17) is 4.52 Å². The van der Waals surface area contributed by atoms with E-state index in [9.17, 15) is 9.59 Å². The van der Waals surface area contributed by atoms with Crippen LogP contribution in [0.4, 0.5) is 0 Å². The molecule has 7 heteroatoms. The van der Waals surface area contributed by atoms with Gasteiger partial charge in [-0.05, 0) is 37.6 Å². The first-order chi connectivity index (χ1) is 15.1. The van der Waals surface area contributed by atoms with E-state index in [1.54, 1.807) is 11.8 Å². The highest BCUT2D eigenvalue weighted by Crippen LogP contribution is 2.28. The van der Waals surface area contributed by atoms with Crippen LogP contribution in [0, 0.1) is 6.92 Å². The minimum atomic E-state index is 0.00543. The molecule has 0 spiro atoms. The summed E-state index contributed by atoms with van der Waals surface area (Å²) in [6.07, 6.45) is 0.761. The van der Waals surface area contributed by atoms with Gasteiger partial charge in [0.25, 0.3) is 11.8 Å². The molecule has 6 nitrogen and oxygen atoms in total. The number of carbonyl (C=O) groups excluding carboxylic acids is 2. The number of thioether (sulfide) groups is 1. The molecule has 3 aromatic rings. The van der Waals surface area contributed by atoms with E-state index in [0.717, 1.165) is 22.8 Å². The summed E-state index contributed by atoms with van der Waals surface area (Å²) in [5.74, 6) is 1.43. The number of nitrogens with zero attached hydrogens (tertiary/aromatic N) is 3. The van der Waals surface area contributed by atoms with Crippen molar-refractivity contribution in [2.75, 3.05) is 26.2 Å². The Bertz CT molecular complexity index is 1050. The van der Waals surface area contributed by atoms with Crippen molar-refractivity contribution in [3.8, 4) is 0 Å². The molecule has 0 aliphatic carbocycles. The Morgan fingerprint density at radius 3 is 2.32 bits per heavy atom. The fourth-order valence-corrected chi connectivity index (χ4v) is 4.58. The van der Waals surface area contributed by atoms with Crippen LogP contribution in [0.25, 0.3) is 0 Å². The Balaban J connectivity index is 1.42. The van der Waals surface area contributed by atoms with Gasteiger partial charge >= 0.3 is 0 Å². The second kappa shape index (κ2) is 9.83. The number of aromatic nitrogens is 1. The lowest BCUT2D eigenvalue weighted by atomic mass is 10.2. The fourth-order valence-electron chi connectivity index (χ4n) is 3.66. The summed E-state index contributed by atoms with van der Waals surface area (Å²) in [6, 6.07) is 18.9. The maximum atomic E-state index is 13.3. The van der Waals surface area contributed by atoms with E-state index >= 15 is 0 Å². The van der Waals surface area contributed by atoms with E-state index in [-0.39, 0.29) is 11.8 Å². The van der Waals surface area contributed by atoms with Crippen molar-refractivity contribution >= 4 is 23.6 Å². The first-order valence-corrected chi connectivity index (χ1v) is 11.4. The zero-order valence-electron chi connectivity index (χ0n) is 17.5. The molecule has 0 N–H and O–H groups in total. The molecule has 2 heterocycles. The van der Waals surface area contributed by atoms with Gasteiger partial charge in [0.2, 0.25) is 0 Å². The number of carbonyl (C=O) groups is 2. The van der Waals surface area contributed by atoms with Crippen molar-refractivity contribution in [2.45, 2.75) is 24.0 Å². The number of hydrogen-bond donors (Lipinski definition) is 0. The minimum absolute atomic E-state index is 0.00543. The summed E-state index contributed by atoms with van der Waals surface area (Å²) in [4.78, 5) is 30.7. The van der Waals surface area contributed by atoms with E-state index < -0.39 is 0 Å². The highest BCUT2D eigenvalue weighted by molar-refractivity contribution is 7.98. The van der Waals surface area contributed by atoms with Crippen LogP contribution in [0.3, 0.4) is 0 Å². The minimum Gasteiger partial charge on any atom is -0.360 e. The zero-order valence-corrected chi connectivity index (χ0v) is 18.3.